The van der Waals surface area contributed by atoms with Gasteiger partial charge in [0.2, 0.25) is 17.6 Å². The summed E-state index contributed by atoms with van der Waals surface area (Å²) in [5, 5.41) is 11.1. The molecular weight excluding hydrogens is 602 g/mol. The first-order valence-corrected chi connectivity index (χ1v) is 17.6. The van der Waals surface area contributed by atoms with Crippen LogP contribution in [-0.4, -0.2) is 89.2 Å². The molecule has 1 unspecified atom stereocenters. The molecule has 0 bridgehead atoms. The minimum atomic E-state index is -1.06. The normalized spacial score (nSPS) is 25.7. The number of nitrogens with one attached hydrogen (secondary N) is 4. The Bertz CT molecular complexity index is 1210. The highest BCUT2D eigenvalue weighted by Gasteiger charge is 2.56. The number of urea groups is 1. The molecule has 47 heavy (non-hydrogen) atoms. The van der Waals surface area contributed by atoms with Gasteiger partial charge in [-0.15, -0.1) is 6.58 Å². The first kappa shape index (κ1) is 36.6. The highest BCUT2D eigenvalue weighted by molar-refractivity contribution is 6.38. The number of hydrogen-bond acceptors (Lipinski definition) is 7. The predicted molar refractivity (Wildman–Crippen MR) is 176 cm³/mol. The van der Waals surface area contributed by atoms with Crippen LogP contribution in [0.4, 0.5) is 4.79 Å². The number of ether oxygens (including phenoxy) is 1. The number of carbonyl (C=O) groups excluding carboxylic acids is 6. The lowest BCUT2D eigenvalue weighted by Gasteiger charge is -2.36. The van der Waals surface area contributed by atoms with Crippen molar-refractivity contribution in [3.8, 4) is 0 Å². The van der Waals surface area contributed by atoms with Crippen molar-refractivity contribution in [1.82, 2.24) is 26.2 Å². The summed E-state index contributed by atoms with van der Waals surface area (Å²) in [6, 6.07) is -4.13. The number of Topliss-reactive ketones (excluding diaryl/α,β-unsaturated/α-hetero) is 2. The van der Waals surface area contributed by atoms with Crippen molar-refractivity contribution >= 4 is 35.3 Å². The number of fused-ring (bicyclic) bond motifs is 1. The van der Waals surface area contributed by atoms with E-state index in [2.05, 4.69) is 27.8 Å². The van der Waals surface area contributed by atoms with E-state index in [1.54, 1.807) is 0 Å². The quantitative estimate of drug-likeness (QED) is 0.155. The second-order valence-electron chi connectivity index (χ2n) is 14.8. The van der Waals surface area contributed by atoms with Gasteiger partial charge in [-0.3, -0.25) is 24.0 Å². The van der Waals surface area contributed by atoms with Crippen LogP contribution in [0.1, 0.15) is 98.8 Å². The first-order chi connectivity index (χ1) is 22.3. The second kappa shape index (κ2) is 15.7. The Balaban J connectivity index is 1.58. The van der Waals surface area contributed by atoms with Gasteiger partial charge < -0.3 is 30.9 Å². The maximum atomic E-state index is 14.6. The minimum Gasteiger partial charge on any atom is -0.370 e. The number of likely N-dealkylation sites (tertiary alicyclic amines) is 1. The highest BCUT2D eigenvalue weighted by atomic mass is 16.5. The summed E-state index contributed by atoms with van der Waals surface area (Å²) in [4.78, 5) is 82.2. The number of ketones is 2. The van der Waals surface area contributed by atoms with E-state index in [-0.39, 0.29) is 54.9 Å². The zero-order valence-corrected chi connectivity index (χ0v) is 28.8. The molecule has 0 aromatic carbocycles. The van der Waals surface area contributed by atoms with Crippen LogP contribution in [0.15, 0.2) is 12.7 Å². The summed E-state index contributed by atoms with van der Waals surface area (Å²) in [6.45, 7) is 13.4. The molecule has 0 aromatic heterocycles. The molecule has 0 aromatic rings. The maximum absolute atomic E-state index is 14.6. The molecule has 2 saturated heterocycles. The van der Waals surface area contributed by atoms with E-state index in [0.717, 1.165) is 44.9 Å². The molecule has 4 fully saturated rings. The Labute approximate surface area is 278 Å². The van der Waals surface area contributed by atoms with Crippen LogP contribution in [0.2, 0.25) is 0 Å². The van der Waals surface area contributed by atoms with Crippen LogP contribution < -0.4 is 21.3 Å². The minimum absolute atomic E-state index is 0.0221. The molecule has 12 nitrogen and oxygen atoms in total. The zero-order chi connectivity index (χ0) is 34.5. The van der Waals surface area contributed by atoms with Gasteiger partial charge in [0.15, 0.2) is 5.78 Å². The van der Waals surface area contributed by atoms with Gasteiger partial charge in [0, 0.05) is 24.9 Å². The Hall–Kier alpha value is -3.28. The Morgan fingerprint density at radius 2 is 1.66 bits per heavy atom. The fourth-order valence-corrected chi connectivity index (χ4v) is 7.60. The standard InChI is InChI=1S/C35H55N5O7/c1-7-12-24(30(42)32(44)36-17-8-2)37-31(43)28-23-18-35(5,6)47-25(23)19-40(28)33(45)27(21-13-10-9-11-14-21)39-34(46)38-26(20(3)4)29(41)22-15-16-22/h8,20-28H,2,7,9-19H2,1,3-6H3,(H,36,44)(H,37,43)(H2,38,39,46)/t23-,24?,25-,26-,27-,28-/m0/s1. The second-order valence-corrected chi connectivity index (χ2v) is 14.8. The van der Waals surface area contributed by atoms with Gasteiger partial charge in [-0.2, -0.15) is 0 Å². The van der Waals surface area contributed by atoms with Gasteiger partial charge in [0.25, 0.3) is 5.91 Å². The van der Waals surface area contributed by atoms with E-state index in [1.165, 1.54) is 11.0 Å². The topological polar surface area (TPSA) is 163 Å². The lowest BCUT2D eigenvalue weighted by Crippen LogP contribution is -2.61. The van der Waals surface area contributed by atoms with Gasteiger partial charge in [0.1, 0.15) is 12.1 Å². The first-order valence-electron chi connectivity index (χ1n) is 17.6. The van der Waals surface area contributed by atoms with E-state index >= 15 is 0 Å². The molecule has 6 atom stereocenters. The molecule has 2 saturated carbocycles. The van der Waals surface area contributed by atoms with E-state index in [4.69, 9.17) is 4.74 Å². The number of carbonyl (C=O) groups is 6. The summed E-state index contributed by atoms with van der Waals surface area (Å²) in [5.41, 5.74) is -0.507. The molecule has 5 amide bonds. The fourth-order valence-electron chi connectivity index (χ4n) is 7.60. The Morgan fingerprint density at radius 1 is 0.979 bits per heavy atom. The van der Waals surface area contributed by atoms with Gasteiger partial charge >= 0.3 is 6.03 Å². The summed E-state index contributed by atoms with van der Waals surface area (Å²) in [7, 11) is 0. The van der Waals surface area contributed by atoms with Crippen LogP contribution in [-0.2, 0) is 28.7 Å². The largest absolute Gasteiger partial charge is 0.370 e. The number of amides is 5. The van der Waals surface area contributed by atoms with Crippen LogP contribution in [0.25, 0.3) is 0 Å². The van der Waals surface area contributed by atoms with E-state index in [9.17, 15) is 28.8 Å². The molecular formula is C35H55N5O7. The lowest BCUT2D eigenvalue weighted by atomic mass is 9.83. The molecule has 4 N–H and O–H groups in total. The van der Waals surface area contributed by atoms with Gasteiger partial charge in [-0.25, -0.2) is 4.79 Å². The molecule has 0 radical (unpaired) electrons. The molecule has 2 aliphatic heterocycles. The average molecular weight is 658 g/mol. The smallest absolute Gasteiger partial charge is 0.316 e. The summed E-state index contributed by atoms with van der Waals surface area (Å²) >= 11 is 0. The Kier molecular flexibility index (Phi) is 12.2. The number of rotatable bonds is 15. The van der Waals surface area contributed by atoms with Gasteiger partial charge in [0.05, 0.1) is 23.8 Å². The average Bonchev–Trinajstić information content (AvgIpc) is 3.76. The van der Waals surface area contributed by atoms with Crippen LogP contribution in [0, 0.1) is 23.7 Å². The van der Waals surface area contributed by atoms with Crippen molar-refractivity contribution in [1.29, 1.82) is 0 Å². The van der Waals surface area contributed by atoms with E-state index in [0.29, 0.717) is 12.8 Å². The third kappa shape index (κ3) is 9.00. The highest BCUT2D eigenvalue weighted by Crippen LogP contribution is 2.43. The molecule has 4 rings (SSSR count). The third-order valence-corrected chi connectivity index (χ3v) is 10.1. The molecule has 12 heteroatoms. The van der Waals surface area contributed by atoms with Gasteiger partial charge in [-0.1, -0.05) is 52.5 Å². The molecule has 4 aliphatic rings. The van der Waals surface area contributed by atoms with Crippen molar-refractivity contribution in [2.24, 2.45) is 23.7 Å². The van der Waals surface area contributed by atoms with E-state index < -0.39 is 59.5 Å². The van der Waals surface area contributed by atoms with Crippen molar-refractivity contribution in [3.05, 3.63) is 12.7 Å². The summed E-state index contributed by atoms with van der Waals surface area (Å²) in [5.74, 6) is -3.03. The third-order valence-electron chi connectivity index (χ3n) is 10.1. The van der Waals surface area contributed by atoms with Gasteiger partial charge in [-0.05, 0) is 64.2 Å². The fraction of sp³-hybridized carbons (Fsp3) is 0.771. The summed E-state index contributed by atoms with van der Waals surface area (Å²) < 4.78 is 6.30. The van der Waals surface area contributed by atoms with E-state index in [1.807, 2.05) is 34.6 Å². The van der Waals surface area contributed by atoms with Crippen molar-refractivity contribution in [2.75, 3.05) is 13.1 Å². The zero-order valence-electron chi connectivity index (χ0n) is 28.8. The van der Waals surface area contributed by atoms with Crippen LogP contribution >= 0.6 is 0 Å². The number of nitrogens with zero attached hydrogens (tertiary/aromatic N) is 1. The predicted octanol–water partition coefficient (Wildman–Crippen LogP) is 2.79. The van der Waals surface area contributed by atoms with Crippen LogP contribution in [0.5, 0.6) is 0 Å². The molecule has 2 heterocycles. The Morgan fingerprint density at radius 3 is 2.26 bits per heavy atom. The lowest BCUT2D eigenvalue weighted by molar-refractivity contribution is -0.144. The SMILES string of the molecule is C=CCNC(=O)C(=O)C(CCC)NC(=O)[C@@H]1[C@H]2CC(C)(C)O[C@H]2CN1C(=O)[C@@H](NC(=O)N[C@H](C(=O)C1CC1)C(C)C)C1CCCCC1. The van der Waals surface area contributed by atoms with Crippen molar-refractivity contribution < 1.29 is 33.5 Å². The monoisotopic (exact) mass is 657 g/mol. The van der Waals surface area contributed by atoms with Crippen LogP contribution in [0.3, 0.4) is 0 Å². The number of hydrogen-bond donors (Lipinski definition) is 4. The summed E-state index contributed by atoms with van der Waals surface area (Å²) in [6.07, 6.45) is 8.45. The molecule has 262 valence electrons. The van der Waals surface area contributed by atoms with Crippen molar-refractivity contribution in [2.45, 2.75) is 135 Å². The van der Waals surface area contributed by atoms with Crippen molar-refractivity contribution in [3.63, 3.8) is 0 Å². The molecule has 0 spiro atoms. The maximum Gasteiger partial charge on any atom is 0.316 e. The molecule has 2 aliphatic carbocycles.